The van der Waals surface area contributed by atoms with Crippen LogP contribution in [0.1, 0.15) is 73.1 Å². The van der Waals surface area contributed by atoms with E-state index in [9.17, 15) is 21.6 Å². The van der Waals surface area contributed by atoms with Crippen LogP contribution < -0.4 is 4.74 Å². The maximum Gasteiger partial charge on any atom is 0.282 e. The topological polar surface area (TPSA) is 82.9 Å². The quantitative estimate of drug-likeness (QED) is 0.298. The van der Waals surface area contributed by atoms with Gasteiger partial charge in [0.05, 0.1) is 20.3 Å². The molecule has 2 aliphatic heterocycles. The minimum Gasteiger partial charge on any atom is -0.496 e. The van der Waals surface area contributed by atoms with E-state index in [1.54, 1.807) is 23.5 Å². The third-order valence-corrected chi connectivity index (χ3v) is 11.5. The van der Waals surface area contributed by atoms with Crippen molar-refractivity contribution in [3.05, 3.63) is 64.5 Å². The number of rotatable bonds is 11. The molecule has 3 fully saturated rings. The number of morpholine rings is 1. The summed E-state index contributed by atoms with van der Waals surface area (Å²) in [6, 6.07) is 10.4. The van der Waals surface area contributed by atoms with Crippen LogP contribution in [0.5, 0.6) is 5.75 Å². The molecule has 3 aliphatic rings. The van der Waals surface area contributed by atoms with Crippen molar-refractivity contribution in [1.29, 1.82) is 5.41 Å². The van der Waals surface area contributed by atoms with E-state index in [1.807, 2.05) is 12.1 Å². The highest BCUT2D eigenvalue weighted by Crippen LogP contribution is 2.49. The van der Waals surface area contributed by atoms with Crippen LogP contribution in [0.4, 0.5) is 13.2 Å². The fourth-order valence-corrected chi connectivity index (χ4v) is 8.77. The normalized spacial score (nSPS) is 23.8. The molecule has 0 amide bonds. The first-order valence-electron chi connectivity index (χ1n) is 15.8. The Bertz CT molecular complexity index is 1380. The van der Waals surface area contributed by atoms with E-state index in [0.717, 1.165) is 47.9 Å². The van der Waals surface area contributed by atoms with E-state index in [0.29, 0.717) is 57.9 Å². The summed E-state index contributed by atoms with van der Waals surface area (Å²) in [6.45, 7) is 1.94. The van der Waals surface area contributed by atoms with E-state index in [1.165, 1.54) is 22.7 Å². The summed E-state index contributed by atoms with van der Waals surface area (Å²) < 4.78 is 83.1. The van der Waals surface area contributed by atoms with Gasteiger partial charge in [0, 0.05) is 51.2 Å². The number of alkyl halides is 2. The van der Waals surface area contributed by atoms with Gasteiger partial charge < -0.3 is 14.9 Å². The molecule has 11 heteroatoms. The van der Waals surface area contributed by atoms with Crippen LogP contribution in [-0.4, -0.2) is 75.7 Å². The monoisotopic (exact) mass is 635 g/mol. The zero-order valence-electron chi connectivity index (χ0n) is 25.4. The van der Waals surface area contributed by atoms with Crippen molar-refractivity contribution >= 4 is 16.4 Å². The van der Waals surface area contributed by atoms with Gasteiger partial charge in [0.25, 0.3) is 10.2 Å². The fourth-order valence-electron chi connectivity index (χ4n) is 7.13. The smallest absolute Gasteiger partial charge is 0.282 e. The lowest BCUT2D eigenvalue weighted by Gasteiger charge is -2.42. The number of methoxy groups -OCH3 is 1. The highest BCUT2D eigenvalue weighted by Gasteiger charge is 2.47. The molecule has 0 aromatic heterocycles. The number of ether oxygens (including phenoxy) is 2. The summed E-state index contributed by atoms with van der Waals surface area (Å²) in [5.41, 5.74) is 3.54. The van der Waals surface area contributed by atoms with Crippen LogP contribution in [0.25, 0.3) is 0 Å². The van der Waals surface area contributed by atoms with Gasteiger partial charge in [-0.05, 0) is 96.9 Å². The maximum atomic E-state index is 13.9. The number of nitrogens with one attached hydrogen (secondary N) is 1. The molecular formula is C33H44F3N3O4S. The predicted molar refractivity (Wildman–Crippen MR) is 165 cm³/mol. The highest BCUT2D eigenvalue weighted by molar-refractivity contribution is 7.86. The number of hydrogen-bond acceptors (Lipinski definition) is 5. The lowest BCUT2D eigenvalue weighted by atomic mass is 9.70. The Morgan fingerprint density at radius 3 is 2.43 bits per heavy atom. The third kappa shape index (κ3) is 7.84. The Morgan fingerprint density at radius 2 is 1.77 bits per heavy atom. The van der Waals surface area contributed by atoms with Crippen LogP contribution in [0.3, 0.4) is 0 Å². The van der Waals surface area contributed by atoms with Gasteiger partial charge >= 0.3 is 0 Å². The molecule has 0 bridgehead atoms. The van der Waals surface area contributed by atoms with Crippen molar-refractivity contribution in [2.45, 2.75) is 69.6 Å². The average Bonchev–Trinajstić information content (AvgIpc) is 2.99. The lowest BCUT2D eigenvalue weighted by molar-refractivity contribution is -0.116. The zero-order valence-corrected chi connectivity index (χ0v) is 26.3. The van der Waals surface area contributed by atoms with Crippen LogP contribution in [0, 0.1) is 23.1 Å². The second-order valence-corrected chi connectivity index (χ2v) is 14.5. The third-order valence-electron chi connectivity index (χ3n) is 9.51. The highest BCUT2D eigenvalue weighted by atomic mass is 32.2. The molecule has 1 N–H and O–H groups in total. The molecule has 2 heterocycles. The SMILES string of the molecule is COc1cc(CCCc2ccc(F)cc2)c(C=N)cc1C1CN(S(=O)(=O)N2CCOCC2)CCCCC1CC1CC(F)(F)C1. The summed E-state index contributed by atoms with van der Waals surface area (Å²) in [4.78, 5) is 0. The van der Waals surface area contributed by atoms with E-state index in [2.05, 4.69) is 0 Å². The van der Waals surface area contributed by atoms with Gasteiger partial charge in [0.15, 0.2) is 0 Å². The van der Waals surface area contributed by atoms with Crippen molar-refractivity contribution in [2.24, 2.45) is 11.8 Å². The first-order valence-corrected chi connectivity index (χ1v) is 17.2. The molecule has 1 saturated carbocycles. The van der Waals surface area contributed by atoms with E-state index in [-0.39, 0.29) is 43.0 Å². The number of hydrogen-bond donors (Lipinski definition) is 1. The van der Waals surface area contributed by atoms with Crippen molar-refractivity contribution < 1.29 is 31.1 Å². The summed E-state index contributed by atoms with van der Waals surface area (Å²) in [5, 5.41) is 8.23. The van der Waals surface area contributed by atoms with Crippen molar-refractivity contribution in [1.82, 2.24) is 8.61 Å². The summed E-state index contributed by atoms with van der Waals surface area (Å²) >= 11 is 0. The van der Waals surface area contributed by atoms with Crippen LogP contribution in [-0.2, 0) is 27.8 Å². The minimum atomic E-state index is -3.75. The number of nitrogens with zero attached hydrogens (tertiary/aromatic N) is 2. The summed E-state index contributed by atoms with van der Waals surface area (Å²) in [6.07, 6.45) is 6.25. The molecule has 2 aromatic rings. The van der Waals surface area contributed by atoms with Gasteiger partial charge in [-0.25, -0.2) is 13.2 Å². The summed E-state index contributed by atoms with van der Waals surface area (Å²) in [7, 11) is -2.16. The maximum absolute atomic E-state index is 13.9. The second kappa shape index (κ2) is 14.3. The predicted octanol–water partition coefficient (Wildman–Crippen LogP) is 6.21. The van der Waals surface area contributed by atoms with Gasteiger partial charge in [-0.3, -0.25) is 0 Å². The molecule has 2 unspecified atom stereocenters. The average molecular weight is 636 g/mol. The largest absolute Gasteiger partial charge is 0.496 e. The zero-order chi connectivity index (χ0) is 31.3. The molecular weight excluding hydrogens is 591 g/mol. The lowest BCUT2D eigenvalue weighted by Crippen LogP contribution is -2.50. The van der Waals surface area contributed by atoms with Crippen LogP contribution in [0.2, 0.25) is 0 Å². The van der Waals surface area contributed by atoms with Crippen LogP contribution in [0.15, 0.2) is 36.4 Å². The molecule has 44 heavy (non-hydrogen) atoms. The number of benzene rings is 2. The van der Waals surface area contributed by atoms with Crippen molar-refractivity contribution in [3.63, 3.8) is 0 Å². The van der Waals surface area contributed by atoms with Gasteiger partial charge in [-0.2, -0.15) is 17.0 Å². The Balaban J connectivity index is 1.44. The standard InChI is InChI=1S/C33H44F3N3O4S/c1-42-32-19-26(7-4-5-24-8-10-29(34)11-9-24)28(22-37)18-30(32)31-23-39(44(40,41)38-13-15-43-16-14-38)12-3-2-6-27(31)17-25-20-33(35,36)21-25/h8-11,18-19,22,25,27,31,37H,2-7,12-17,20-21,23H2,1H3. The Labute approximate surface area is 259 Å². The molecule has 7 nitrogen and oxygen atoms in total. The van der Waals surface area contributed by atoms with Crippen molar-refractivity contribution in [2.75, 3.05) is 46.5 Å². The Hall–Kier alpha value is -2.47. The second-order valence-electron chi connectivity index (χ2n) is 12.5. The molecule has 2 aromatic carbocycles. The van der Waals surface area contributed by atoms with Gasteiger partial charge in [-0.15, -0.1) is 0 Å². The Morgan fingerprint density at radius 1 is 1.05 bits per heavy atom. The minimum absolute atomic E-state index is 0.00408. The molecule has 0 radical (unpaired) electrons. The molecule has 2 atom stereocenters. The number of aryl methyl sites for hydroxylation is 2. The van der Waals surface area contributed by atoms with E-state index < -0.39 is 16.1 Å². The first-order chi connectivity index (χ1) is 21.1. The van der Waals surface area contributed by atoms with Crippen LogP contribution >= 0.6 is 0 Å². The number of halogens is 3. The molecule has 0 spiro atoms. The van der Waals surface area contributed by atoms with Crippen molar-refractivity contribution in [3.8, 4) is 5.75 Å². The van der Waals surface area contributed by atoms with Gasteiger partial charge in [0.2, 0.25) is 5.92 Å². The van der Waals surface area contributed by atoms with E-state index >= 15 is 0 Å². The molecule has 1 aliphatic carbocycles. The Kier molecular flexibility index (Phi) is 10.7. The van der Waals surface area contributed by atoms with E-state index in [4.69, 9.17) is 14.9 Å². The summed E-state index contributed by atoms with van der Waals surface area (Å²) in [5.74, 6) is -2.63. The molecule has 2 saturated heterocycles. The molecule has 242 valence electrons. The van der Waals surface area contributed by atoms with Gasteiger partial charge in [-0.1, -0.05) is 18.6 Å². The first kappa shape index (κ1) is 32.9. The molecule has 5 rings (SSSR count). The fraction of sp³-hybridized carbons (Fsp3) is 0.606. The van der Waals surface area contributed by atoms with Gasteiger partial charge in [0.1, 0.15) is 11.6 Å².